The zero-order chi connectivity index (χ0) is 21.8. The summed E-state index contributed by atoms with van der Waals surface area (Å²) in [5.74, 6) is 0. The molecule has 2 aliphatic rings. The van der Waals surface area contributed by atoms with Gasteiger partial charge >= 0.3 is 0 Å². The summed E-state index contributed by atoms with van der Waals surface area (Å²) >= 11 is 0. The zero-order valence-electron chi connectivity index (χ0n) is 18.7. The maximum absolute atomic E-state index is 10.0. The highest BCUT2D eigenvalue weighted by atomic mass is 16.3. The Morgan fingerprint density at radius 3 is 2.65 bits per heavy atom. The number of aliphatic hydroxyl groups is 1. The van der Waals surface area contributed by atoms with Crippen molar-refractivity contribution >= 4 is 16.6 Å². The number of aryl methyl sites for hydroxylation is 1. The van der Waals surface area contributed by atoms with E-state index in [-0.39, 0.29) is 11.6 Å². The Labute approximate surface area is 184 Å². The minimum absolute atomic E-state index is 0.105. The molecule has 0 radical (unpaired) electrons. The van der Waals surface area contributed by atoms with Crippen molar-refractivity contribution in [1.29, 1.82) is 5.26 Å². The molecule has 0 unspecified atom stereocenters. The fourth-order valence-corrected chi connectivity index (χ4v) is 5.46. The number of rotatable bonds is 2. The average molecular weight is 414 g/mol. The van der Waals surface area contributed by atoms with E-state index in [1.54, 1.807) is 0 Å². The van der Waals surface area contributed by atoms with Gasteiger partial charge in [-0.3, -0.25) is 0 Å². The third-order valence-electron chi connectivity index (χ3n) is 7.30. The lowest BCUT2D eigenvalue weighted by atomic mass is 9.85. The van der Waals surface area contributed by atoms with Crippen LogP contribution in [0.5, 0.6) is 0 Å². The van der Waals surface area contributed by atoms with Gasteiger partial charge in [-0.1, -0.05) is 12.1 Å². The highest BCUT2D eigenvalue weighted by Crippen LogP contribution is 2.42. The van der Waals surface area contributed by atoms with E-state index in [9.17, 15) is 10.4 Å². The van der Waals surface area contributed by atoms with Gasteiger partial charge in [-0.2, -0.15) is 5.26 Å². The zero-order valence-corrected chi connectivity index (χ0v) is 18.7. The van der Waals surface area contributed by atoms with Crippen molar-refractivity contribution in [2.75, 3.05) is 5.32 Å². The monoisotopic (exact) mass is 413 g/mol. The third-order valence-corrected chi connectivity index (χ3v) is 7.30. The standard InChI is InChI=1S/C27H31N3O/c1-17-13-26-23(14-18(17)15-28)24(16-30(26)19-7-9-20(31)10-8-19)21-5-4-6-25-22(21)11-12-27(2,3)29-25/h4-6,13-14,16,19-20,29,31H,7-12H2,1-3H3/t19-,20-. The molecule has 2 aromatic carbocycles. The Hall–Kier alpha value is -2.77. The van der Waals surface area contributed by atoms with E-state index >= 15 is 0 Å². The normalized spacial score (nSPS) is 22.5. The van der Waals surface area contributed by atoms with E-state index in [2.05, 4.69) is 66.3 Å². The number of nitriles is 1. The van der Waals surface area contributed by atoms with Crippen molar-refractivity contribution < 1.29 is 5.11 Å². The summed E-state index contributed by atoms with van der Waals surface area (Å²) in [7, 11) is 0. The van der Waals surface area contributed by atoms with Gasteiger partial charge in [-0.25, -0.2) is 0 Å². The SMILES string of the molecule is Cc1cc2c(cc1C#N)c(-c1cccc3c1CCC(C)(C)N3)cn2[C@H]1CC[C@H](O)CC1. The van der Waals surface area contributed by atoms with Gasteiger partial charge in [-0.05, 0) is 94.2 Å². The summed E-state index contributed by atoms with van der Waals surface area (Å²) in [6.07, 6.45) is 7.98. The van der Waals surface area contributed by atoms with E-state index < -0.39 is 0 Å². The Morgan fingerprint density at radius 1 is 1.13 bits per heavy atom. The lowest BCUT2D eigenvalue weighted by Gasteiger charge is -2.34. The summed E-state index contributed by atoms with van der Waals surface area (Å²) < 4.78 is 2.42. The Bertz CT molecular complexity index is 1190. The molecular formula is C27H31N3O. The summed E-state index contributed by atoms with van der Waals surface area (Å²) in [5.41, 5.74) is 8.17. The lowest BCUT2D eigenvalue weighted by molar-refractivity contribution is 0.111. The van der Waals surface area contributed by atoms with E-state index in [1.165, 1.54) is 27.9 Å². The van der Waals surface area contributed by atoms with Gasteiger partial charge in [-0.15, -0.1) is 0 Å². The molecule has 31 heavy (non-hydrogen) atoms. The molecule has 0 amide bonds. The first-order chi connectivity index (χ1) is 14.9. The quantitative estimate of drug-likeness (QED) is 0.533. The van der Waals surface area contributed by atoms with Crippen LogP contribution in [0.4, 0.5) is 5.69 Å². The topological polar surface area (TPSA) is 61.0 Å². The predicted octanol–water partition coefficient (Wildman–Crippen LogP) is 6.10. The van der Waals surface area contributed by atoms with Crippen LogP contribution in [0, 0.1) is 18.3 Å². The van der Waals surface area contributed by atoms with E-state index in [4.69, 9.17) is 0 Å². The molecule has 160 valence electrons. The van der Waals surface area contributed by atoms with Gasteiger partial charge in [0.05, 0.1) is 17.7 Å². The number of aliphatic hydroxyl groups excluding tert-OH is 1. The number of aromatic nitrogens is 1. The molecule has 1 fully saturated rings. The Morgan fingerprint density at radius 2 is 1.90 bits per heavy atom. The van der Waals surface area contributed by atoms with Crippen LogP contribution in [0.2, 0.25) is 0 Å². The van der Waals surface area contributed by atoms with Gasteiger partial charge in [0.2, 0.25) is 0 Å². The van der Waals surface area contributed by atoms with Gasteiger partial charge in [0.25, 0.3) is 0 Å². The lowest BCUT2D eigenvalue weighted by Crippen LogP contribution is -2.35. The number of fused-ring (bicyclic) bond motifs is 2. The molecule has 0 atom stereocenters. The molecule has 2 heterocycles. The van der Waals surface area contributed by atoms with Crippen molar-refractivity contribution in [2.24, 2.45) is 0 Å². The first kappa shape index (κ1) is 20.2. The Balaban J connectivity index is 1.70. The summed E-state index contributed by atoms with van der Waals surface area (Å²) in [5, 5.41) is 24.6. The molecule has 2 N–H and O–H groups in total. The maximum atomic E-state index is 10.0. The smallest absolute Gasteiger partial charge is 0.0994 e. The minimum Gasteiger partial charge on any atom is -0.393 e. The Kier molecular flexibility index (Phi) is 4.83. The summed E-state index contributed by atoms with van der Waals surface area (Å²) in [6.45, 7) is 6.54. The number of benzene rings is 2. The first-order valence-electron chi connectivity index (χ1n) is 11.5. The molecule has 0 bridgehead atoms. The summed E-state index contributed by atoms with van der Waals surface area (Å²) in [4.78, 5) is 0. The van der Waals surface area contributed by atoms with Gasteiger partial charge in [0.1, 0.15) is 0 Å². The van der Waals surface area contributed by atoms with Crippen LogP contribution < -0.4 is 5.32 Å². The molecule has 3 aromatic rings. The number of nitrogens with one attached hydrogen (secondary N) is 1. The highest BCUT2D eigenvalue weighted by molar-refractivity contribution is 5.99. The maximum Gasteiger partial charge on any atom is 0.0994 e. The first-order valence-corrected chi connectivity index (χ1v) is 11.5. The molecule has 5 rings (SSSR count). The highest BCUT2D eigenvalue weighted by Gasteiger charge is 2.28. The van der Waals surface area contributed by atoms with Crippen LogP contribution in [0.3, 0.4) is 0 Å². The van der Waals surface area contributed by atoms with E-state index in [0.29, 0.717) is 6.04 Å². The second kappa shape index (κ2) is 7.43. The molecule has 0 saturated heterocycles. The fraction of sp³-hybridized carbons (Fsp3) is 0.444. The summed E-state index contributed by atoms with van der Waals surface area (Å²) in [6, 6.07) is 13.6. The number of hydrogen-bond acceptors (Lipinski definition) is 3. The van der Waals surface area contributed by atoms with Crippen molar-refractivity contribution in [2.45, 2.75) is 77.0 Å². The van der Waals surface area contributed by atoms with Crippen molar-refractivity contribution in [3.63, 3.8) is 0 Å². The van der Waals surface area contributed by atoms with Crippen LogP contribution in [0.25, 0.3) is 22.0 Å². The third kappa shape index (κ3) is 3.51. The van der Waals surface area contributed by atoms with E-state index in [1.807, 2.05) is 6.92 Å². The molecule has 1 aromatic heterocycles. The fourth-order valence-electron chi connectivity index (χ4n) is 5.46. The number of hydrogen-bond donors (Lipinski definition) is 2. The predicted molar refractivity (Wildman–Crippen MR) is 126 cm³/mol. The van der Waals surface area contributed by atoms with Crippen LogP contribution in [-0.2, 0) is 6.42 Å². The van der Waals surface area contributed by atoms with Crippen LogP contribution in [0.1, 0.15) is 68.7 Å². The van der Waals surface area contributed by atoms with Crippen LogP contribution >= 0.6 is 0 Å². The molecule has 4 nitrogen and oxygen atoms in total. The number of anilines is 1. The minimum atomic E-state index is -0.167. The molecule has 1 aliphatic carbocycles. The van der Waals surface area contributed by atoms with Gasteiger partial charge < -0.3 is 15.0 Å². The van der Waals surface area contributed by atoms with Gasteiger partial charge in [0.15, 0.2) is 0 Å². The average Bonchev–Trinajstić information content (AvgIpc) is 3.10. The molecular weight excluding hydrogens is 382 g/mol. The van der Waals surface area contributed by atoms with Crippen molar-refractivity contribution in [3.8, 4) is 17.2 Å². The molecule has 1 aliphatic heterocycles. The van der Waals surface area contributed by atoms with E-state index in [0.717, 1.165) is 55.0 Å². The number of nitrogens with zero attached hydrogens (tertiary/aromatic N) is 2. The molecule has 4 heteroatoms. The second-order valence-corrected chi connectivity index (χ2v) is 10.0. The van der Waals surface area contributed by atoms with Crippen LogP contribution in [-0.4, -0.2) is 21.3 Å². The molecule has 1 saturated carbocycles. The largest absolute Gasteiger partial charge is 0.393 e. The van der Waals surface area contributed by atoms with Crippen LogP contribution in [0.15, 0.2) is 36.5 Å². The second-order valence-electron chi connectivity index (χ2n) is 10.0. The van der Waals surface area contributed by atoms with Crippen molar-refractivity contribution in [3.05, 3.63) is 53.2 Å². The van der Waals surface area contributed by atoms with Crippen molar-refractivity contribution in [1.82, 2.24) is 4.57 Å². The molecule has 0 spiro atoms. The van der Waals surface area contributed by atoms with Gasteiger partial charge in [0, 0.05) is 39.9 Å².